The molecule has 24 heavy (non-hydrogen) atoms. The van der Waals surface area contributed by atoms with Gasteiger partial charge < -0.3 is 15.2 Å². The minimum absolute atomic E-state index is 0.0715. The number of carbonyl (C=O) groups is 2. The van der Waals surface area contributed by atoms with Crippen LogP contribution in [0.5, 0.6) is 0 Å². The van der Waals surface area contributed by atoms with Crippen LogP contribution in [0.1, 0.15) is 15.4 Å². The standard InChI is InChI=1S/C18H17N3O2S/c22-17(20-14-6-2-1-3-7-14)12-19-18(23)16-9-4-10-21(16)13-15-8-5-11-24-15/h1-11H,12-13H2,(H,19,23)(H,20,22). The topological polar surface area (TPSA) is 63.1 Å². The van der Waals surface area contributed by atoms with Crippen molar-refractivity contribution < 1.29 is 9.59 Å². The van der Waals surface area contributed by atoms with Crippen molar-refractivity contribution in [3.63, 3.8) is 0 Å². The highest BCUT2D eigenvalue weighted by atomic mass is 32.1. The number of para-hydroxylation sites is 1. The molecule has 2 aromatic heterocycles. The molecule has 3 aromatic rings. The van der Waals surface area contributed by atoms with E-state index in [1.165, 1.54) is 4.88 Å². The van der Waals surface area contributed by atoms with Crippen LogP contribution in [0.15, 0.2) is 66.2 Å². The number of hydrogen-bond donors (Lipinski definition) is 2. The second-order valence-electron chi connectivity index (χ2n) is 5.20. The lowest BCUT2D eigenvalue weighted by molar-refractivity contribution is -0.115. The first kappa shape index (κ1) is 16.0. The molecule has 6 heteroatoms. The minimum Gasteiger partial charge on any atom is -0.342 e. The van der Waals surface area contributed by atoms with Gasteiger partial charge in [0.2, 0.25) is 5.91 Å². The maximum Gasteiger partial charge on any atom is 0.268 e. The van der Waals surface area contributed by atoms with Gasteiger partial charge in [-0.2, -0.15) is 0 Å². The minimum atomic E-state index is -0.264. The molecular weight excluding hydrogens is 322 g/mol. The Morgan fingerprint density at radius 3 is 2.58 bits per heavy atom. The number of hydrogen-bond acceptors (Lipinski definition) is 3. The zero-order valence-corrected chi connectivity index (χ0v) is 13.8. The van der Waals surface area contributed by atoms with Gasteiger partial charge in [-0.1, -0.05) is 24.3 Å². The first-order valence-corrected chi connectivity index (χ1v) is 8.41. The van der Waals surface area contributed by atoms with Crippen LogP contribution in [-0.4, -0.2) is 22.9 Å². The maximum absolute atomic E-state index is 12.3. The van der Waals surface area contributed by atoms with Gasteiger partial charge in [0.25, 0.3) is 5.91 Å². The van der Waals surface area contributed by atoms with Gasteiger partial charge in [-0.3, -0.25) is 9.59 Å². The van der Waals surface area contributed by atoms with Crippen molar-refractivity contribution in [1.82, 2.24) is 9.88 Å². The van der Waals surface area contributed by atoms with Crippen LogP contribution >= 0.6 is 11.3 Å². The molecule has 0 saturated heterocycles. The van der Waals surface area contributed by atoms with Crippen LogP contribution in [0.4, 0.5) is 5.69 Å². The molecule has 5 nitrogen and oxygen atoms in total. The van der Waals surface area contributed by atoms with Crippen molar-refractivity contribution in [2.75, 3.05) is 11.9 Å². The molecular formula is C18H17N3O2S. The predicted octanol–water partition coefficient (Wildman–Crippen LogP) is 2.97. The van der Waals surface area contributed by atoms with Crippen molar-refractivity contribution in [1.29, 1.82) is 0 Å². The lowest BCUT2D eigenvalue weighted by Crippen LogP contribution is -2.33. The lowest BCUT2D eigenvalue weighted by Gasteiger charge is -2.09. The monoisotopic (exact) mass is 339 g/mol. The van der Waals surface area contributed by atoms with Crippen molar-refractivity contribution >= 4 is 28.8 Å². The number of benzene rings is 1. The maximum atomic E-state index is 12.3. The molecule has 2 amide bonds. The van der Waals surface area contributed by atoms with E-state index in [1.807, 2.05) is 52.5 Å². The summed E-state index contributed by atoms with van der Waals surface area (Å²) in [6.07, 6.45) is 1.86. The zero-order chi connectivity index (χ0) is 16.8. The molecule has 0 fully saturated rings. The highest BCUT2D eigenvalue weighted by Crippen LogP contribution is 2.13. The van der Waals surface area contributed by atoms with E-state index < -0.39 is 0 Å². The first-order chi connectivity index (χ1) is 11.7. The number of amides is 2. The molecule has 0 radical (unpaired) electrons. The van der Waals surface area contributed by atoms with Gasteiger partial charge in [0.15, 0.2) is 0 Å². The highest BCUT2D eigenvalue weighted by molar-refractivity contribution is 7.09. The molecule has 0 aliphatic carbocycles. The molecule has 0 unspecified atom stereocenters. The molecule has 0 bridgehead atoms. The third-order valence-electron chi connectivity index (χ3n) is 3.44. The van der Waals surface area contributed by atoms with Crippen LogP contribution in [0.2, 0.25) is 0 Å². The predicted molar refractivity (Wildman–Crippen MR) is 95.3 cm³/mol. The van der Waals surface area contributed by atoms with Gasteiger partial charge in [0, 0.05) is 16.8 Å². The normalized spacial score (nSPS) is 10.3. The van der Waals surface area contributed by atoms with Gasteiger partial charge in [0.1, 0.15) is 5.69 Å². The summed E-state index contributed by atoms with van der Waals surface area (Å²) in [5, 5.41) is 7.40. The number of rotatable bonds is 6. The summed E-state index contributed by atoms with van der Waals surface area (Å²) in [7, 11) is 0. The van der Waals surface area contributed by atoms with E-state index >= 15 is 0 Å². The van der Waals surface area contributed by atoms with E-state index in [0.717, 1.165) is 0 Å². The Hall–Kier alpha value is -2.86. The first-order valence-electron chi connectivity index (χ1n) is 7.53. The van der Waals surface area contributed by atoms with Gasteiger partial charge in [0.05, 0.1) is 13.1 Å². The van der Waals surface area contributed by atoms with Crippen molar-refractivity contribution in [3.05, 3.63) is 76.7 Å². The van der Waals surface area contributed by atoms with Crippen molar-refractivity contribution in [3.8, 4) is 0 Å². The Morgan fingerprint density at radius 2 is 1.83 bits per heavy atom. The fourth-order valence-corrected chi connectivity index (χ4v) is 3.01. The number of aromatic nitrogens is 1. The summed E-state index contributed by atoms with van der Waals surface area (Å²) < 4.78 is 1.87. The van der Waals surface area contributed by atoms with E-state index in [1.54, 1.807) is 29.5 Å². The van der Waals surface area contributed by atoms with Gasteiger partial charge in [-0.25, -0.2) is 0 Å². The Bertz CT molecular complexity index is 810. The number of thiophene rings is 1. The summed E-state index contributed by atoms with van der Waals surface area (Å²) in [5.74, 6) is -0.523. The molecule has 2 heterocycles. The lowest BCUT2D eigenvalue weighted by atomic mass is 10.3. The molecule has 0 aliphatic rings. The molecule has 0 aliphatic heterocycles. The molecule has 1 aromatic carbocycles. The van der Waals surface area contributed by atoms with Gasteiger partial charge in [-0.15, -0.1) is 11.3 Å². The Labute approximate surface area is 143 Å². The summed E-state index contributed by atoms with van der Waals surface area (Å²) in [5.41, 5.74) is 1.24. The number of nitrogens with zero attached hydrogens (tertiary/aromatic N) is 1. The molecule has 122 valence electrons. The van der Waals surface area contributed by atoms with Crippen LogP contribution in [0.3, 0.4) is 0 Å². The largest absolute Gasteiger partial charge is 0.342 e. The third kappa shape index (κ3) is 4.11. The average Bonchev–Trinajstić information content (AvgIpc) is 3.26. The number of carbonyl (C=O) groups excluding carboxylic acids is 2. The molecule has 2 N–H and O–H groups in total. The average molecular weight is 339 g/mol. The highest BCUT2D eigenvalue weighted by Gasteiger charge is 2.12. The summed E-state index contributed by atoms with van der Waals surface area (Å²) in [6.45, 7) is 0.571. The number of anilines is 1. The summed E-state index contributed by atoms with van der Waals surface area (Å²) in [6, 6.07) is 16.7. The third-order valence-corrected chi connectivity index (χ3v) is 4.30. The van der Waals surface area contributed by atoms with Crippen molar-refractivity contribution in [2.24, 2.45) is 0 Å². The van der Waals surface area contributed by atoms with E-state index in [4.69, 9.17) is 0 Å². The fraction of sp³-hybridized carbons (Fsp3) is 0.111. The van der Waals surface area contributed by atoms with Crippen molar-refractivity contribution in [2.45, 2.75) is 6.54 Å². The van der Waals surface area contributed by atoms with E-state index in [0.29, 0.717) is 17.9 Å². The van der Waals surface area contributed by atoms with Gasteiger partial charge >= 0.3 is 0 Å². The smallest absolute Gasteiger partial charge is 0.268 e. The second-order valence-corrected chi connectivity index (χ2v) is 6.23. The van der Waals surface area contributed by atoms with E-state index in [-0.39, 0.29) is 18.4 Å². The van der Waals surface area contributed by atoms with Crippen LogP contribution in [-0.2, 0) is 11.3 Å². The molecule has 3 rings (SSSR count). The summed E-state index contributed by atoms with van der Waals surface area (Å²) >= 11 is 1.64. The Kier molecular flexibility index (Phi) is 5.08. The van der Waals surface area contributed by atoms with E-state index in [9.17, 15) is 9.59 Å². The fourth-order valence-electron chi connectivity index (χ4n) is 2.31. The molecule has 0 atom stereocenters. The quantitative estimate of drug-likeness (QED) is 0.725. The van der Waals surface area contributed by atoms with Crippen LogP contribution in [0.25, 0.3) is 0 Å². The van der Waals surface area contributed by atoms with Crippen LogP contribution in [0, 0.1) is 0 Å². The van der Waals surface area contributed by atoms with Gasteiger partial charge in [-0.05, 0) is 35.7 Å². The second kappa shape index (κ2) is 7.61. The SMILES string of the molecule is O=C(CNC(=O)c1cccn1Cc1cccs1)Nc1ccccc1. The Balaban J connectivity index is 1.56. The molecule has 0 spiro atoms. The molecule has 0 saturated carbocycles. The zero-order valence-electron chi connectivity index (χ0n) is 12.9. The van der Waals surface area contributed by atoms with E-state index in [2.05, 4.69) is 10.6 Å². The number of nitrogens with one attached hydrogen (secondary N) is 2. The Morgan fingerprint density at radius 1 is 1.00 bits per heavy atom. The summed E-state index contributed by atoms with van der Waals surface area (Å²) in [4.78, 5) is 25.4. The van der Waals surface area contributed by atoms with Crippen LogP contribution < -0.4 is 10.6 Å².